The fourth-order valence-corrected chi connectivity index (χ4v) is 2.23. The summed E-state index contributed by atoms with van der Waals surface area (Å²) in [5.41, 5.74) is 0. The molecule has 1 rings (SSSR count). The third-order valence-electron chi connectivity index (χ3n) is 3.25. The number of hydrogen-bond donors (Lipinski definition) is 2. The number of rotatable bonds is 5. The van der Waals surface area contributed by atoms with Crippen molar-refractivity contribution in [1.29, 1.82) is 0 Å². The summed E-state index contributed by atoms with van der Waals surface area (Å²) in [6.45, 7) is 2.29. The second kappa shape index (κ2) is 6.83. The minimum absolute atomic E-state index is 0.155. The average molecular weight is 213 g/mol. The monoisotopic (exact) mass is 213 g/mol. The van der Waals surface area contributed by atoms with Crippen molar-refractivity contribution in [2.75, 3.05) is 6.61 Å². The number of aliphatic hydroxyl groups is 1. The molecule has 3 heteroatoms. The van der Waals surface area contributed by atoms with Crippen molar-refractivity contribution in [3.8, 4) is 0 Å². The molecule has 1 saturated carbocycles. The number of carbonyl (C=O) groups is 1. The molecule has 0 spiro atoms. The van der Waals surface area contributed by atoms with Crippen molar-refractivity contribution in [2.24, 2.45) is 5.92 Å². The minimum Gasteiger partial charge on any atom is -0.396 e. The van der Waals surface area contributed by atoms with Crippen molar-refractivity contribution < 1.29 is 9.90 Å². The van der Waals surface area contributed by atoms with E-state index in [1.54, 1.807) is 0 Å². The van der Waals surface area contributed by atoms with Crippen LogP contribution in [-0.4, -0.2) is 23.7 Å². The van der Waals surface area contributed by atoms with Gasteiger partial charge in [-0.3, -0.25) is 4.79 Å². The highest BCUT2D eigenvalue weighted by Gasteiger charge is 2.25. The van der Waals surface area contributed by atoms with E-state index in [0.717, 1.165) is 25.7 Å². The molecule has 1 fully saturated rings. The lowest BCUT2D eigenvalue weighted by Crippen LogP contribution is -2.43. The van der Waals surface area contributed by atoms with Gasteiger partial charge in [0.15, 0.2) is 0 Å². The predicted molar refractivity (Wildman–Crippen MR) is 60.5 cm³/mol. The number of nitrogens with one attached hydrogen (secondary N) is 1. The van der Waals surface area contributed by atoms with E-state index in [1.165, 1.54) is 12.8 Å². The Bertz CT molecular complexity index is 194. The molecule has 0 radical (unpaired) electrons. The number of amides is 1. The van der Waals surface area contributed by atoms with Gasteiger partial charge in [-0.15, -0.1) is 0 Å². The van der Waals surface area contributed by atoms with Crippen molar-refractivity contribution in [3.05, 3.63) is 0 Å². The van der Waals surface area contributed by atoms with Crippen LogP contribution in [-0.2, 0) is 4.79 Å². The molecule has 0 saturated heterocycles. The largest absolute Gasteiger partial charge is 0.396 e. The van der Waals surface area contributed by atoms with Gasteiger partial charge in [-0.25, -0.2) is 0 Å². The van der Waals surface area contributed by atoms with Gasteiger partial charge in [0.05, 0.1) is 0 Å². The normalized spacial score (nSPS) is 26.3. The summed E-state index contributed by atoms with van der Waals surface area (Å²) in [4.78, 5) is 11.5. The van der Waals surface area contributed by atoms with Crippen LogP contribution >= 0.6 is 0 Å². The molecule has 0 heterocycles. The molecular formula is C12H23NO2. The summed E-state index contributed by atoms with van der Waals surface area (Å²) in [6, 6.07) is 0.216. The molecule has 0 aromatic heterocycles. The van der Waals surface area contributed by atoms with E-state index in [4.69, 9.17) is 0 Å². The molecule has 2 atom stereocenters. The Labute approximate surface area is 92.3 Å². The van der Waals surface area contributed by atoms with Gasteiger partial charge in [-0.1, -0.05) is 26.2 Å². The number of aliphatic hydroxyl groups excluding tert-OH is 1. The third kappa shape index (κ3) is 4.20. The van der Waals surface area contributed by atoms with Crippen LogP contribution in [0.2, 0.25) is 0 Å². The third-order valence-corrected chi connectivity index (χ3v) is 3.25. The number of hydrogen-bond acceptors (Lipinski definition) is 2. The van der Waals surface area contributed by atoms with Crippen LogP contribution in [0.5, 0.6) is 0 Å². The average Bonchev–Trinajstić information content (AvgIpc) is 2.27. The van der Waals surface area contributed by atoms with Gasteiger partial charge in [0.25, 0.3) is 0 Å². The van der Waals surface area contributed by atoms with Crippen LogP contribution in [0.15, 0.2) is 0 Å². The van der Waals surface area contributed by atoms with Gasteiger partial charge >= 0.3 is 0 Å². The standard InChI is InChI=1S/C12H23NO2/c1-2-3-8-12(15)13-11-7-5-4-6-10(11)9-14/h10-11,14H,2-9H2,1H3,(H,13,15). The molecule has 1 amide bonds. The molecule has 1 aliphatic rings. The quantitative estimate of drug-likeness (QED) is 0.732. The zero-order valence-corrected chi connectivity index (χ0v) is 9.67. The SMILES string of the molecule is CCCCC(=O)NC1CCCCC1CO. The molecular weight excluding hydrogens is 190 g/mol. The van der Waals surface area contributed by atoms with Crippen LogP contribution in [0.4, 0.5) is 0 Å². The van der Waals surface area contributed by atoms with Gasteiger partial charge < -0.3 is 10.4 Å². The molecule has 3 nitrogen and oxygen atoms in total. The Morgan fingerprint density at radius 2 is 2.13 bits per heavy atom. The summed E-state index contributed by atoms with van der Waals surface area (Å²) in [7, 11) is 0. The Balaban J connectivity index is 2.30. The van der Waals surface area contributed by atoms with Gasteiger partial charge in [0, 0.05) is 25.0 Å². The molecule has 0 aliphatic heterocycles. The summed E-state index contributed by atoms with van der Waals surface area (Å²) in [5, 5.41) is 12.3. The van der Waals surface area contributed by atoms with Crippen molar-refractivity contribution in [2.45, 2.75) is 57.9 Å². The Kier molecular flexibility index (Phi) is 5.69. The number of carbonyl (C=O) groups excluding carboxylic acids is 1. The molecule has 2 N–H and O–H groups in total. The first-order valence-electron chi connectivity index (χ1n) is 6.18. The fraction of sp³-hybridized carbons (Fsp3) is 0.917. The molecule has 0 bridgehead atoms. The first-order chi connectivity index (χ1) is 7.27. The zero-order valence-electron chi connectivity index (χ0n) is 9.67. The van der Waals surface area contributed by atoms with E-state index in [9.17, 15) is 9.90 Å². The van der Waals surface area contributed by atoms with Crippen LogP contribution < -0.4 is 5.32 Å². The summed E-state index contributed by atoms with van der Waals surface area (Å²) in [6.07, 6.45) is 7.09. The van der Waals surface area contributed by atoms with Crippen LogP contribution in [0.25, 0.3) is 0 Å². The Hall–Kier alpha value is -0.570. The van der Waals surface area contributed by atoms with Gasteiger partial charge in [-0.2, -0.15) is 0 Å². The maximum Gasteiger partial charge on any atom is 0.220 e. The topological polar surface area (TPSA) is 49.3 Å². The van der Waals surface area contributed by atoms with Crippen LogP contribution in [0, 0.1) is 5.92 Å². The Morgan fingerprint density at radius 3 is 2.80 bits per heavy atom. The molecule has 0 aromatic carbocycles. The lowest BCUT2D eigenvalue weighted by atomic mass is 9.85. The highest BCUT2D eigenvalue weighted by Crippen LogP contribution is 2.23. The van der Waals surface area contributed by atoms with E-state index in [-0.39, 0.29) is 24.5 Å². The van der Waals surface area contributed by atoms with Gasteiger partial charge in [0.1, 0.15) is 0 Å². The lowest BCUT2D eigenvalue weighted by molar-refractivity contribution is -0.122. The van der Waals surface area contributed by atoms with Crippen molar-refractivity contribution in [1.82, 2.24) is 5.32 Å². The maximum atomic E-state index is 11.5. The predicted octanol–water partition coefficient (Wildman–Crippen LogP) is 1.84. The number of unbranched alkanes of at least 4 members (excludes halogenated alkanes) is 1. The second-order valence-electron chi connectivity index (χ2n) is 4.50. The highest BCUT2D eigenvalue weighted by molar-refractivity contribution is 5.76. The molecule has 2 unspecified atom stereocenters. The summed E-state index contributed by atoms with van der Waals surface area (Å²) in [5.74, 6) is 0.437. The van der Waals surface area contributed by atoms with E-state index >= 15 is 0 Å². The first kappa shape index (κ1) is 12.5. The van der Waals surface area contributed by atoms with E-state index in [0.29, 0.717) is 6.42 Å². The van der Waals surface area contributed by atoms with Crippen molar-refractivity contribution >= 4 is 5.91 Å². The molecule has 0 aromatic rings. The van der Waals surface area contributed by atoms with E-state index in [2.05, 4.69) is 12.2 Å². The first-order valence-corrected chi connectivity index (χ1v) is 6.18. The molecule has 88 valence electrons. The second-order valence-corrected chi connectivity index (χ2v) is 4.50. The van der Waals surface area contributed by atoms with E-state index in [1.807, 2.05) is 0 Å². The Morgan fingerprint density at radius 1 is 1.40 bits per heavy atom. The highest BCUT2D eigenvalue weighted by atomic mass is 16.3. The summed E-state index contributed by atoms with van der Waals surface area (Å²) < 4.78 is 0. The van der Waals surface area contributed by atoms with E-state index < -0.39 is 0 Å². The summed E-state index contributed by atoms with van der Waals surface area (Å²) >= 11 is 0. The van der Waals surface area contributed by atoms with Crippen LogP contribution in [0.3, 0.4) is 0 Å². The van der Waals surface area contributed by atoms with Crippen LogP contribution in [0.1, 0.15) is 51.9 Å². The van der Waals surface area contributed by atoms with Gasteiger partial charge in [0.2, 0.25) is 5.91 Å². The smallest absolute Gasteiger partial charge is 0.220 e. The zero-order chi connectivity index (χ0) is 11.1. The molecule has 15 heavy (non-hydrogen) atoms. The molecule has 1 aliphatic carbocycles. The maximum absolute atomic E-state index is 11.5. The minimum atomic E-state index is 0.155. The fourth-order valence-electron chi connectivity index (χ4n) is 2.23. The lowest BCUT2D eigenvalue weighted by Gasteiger charge is -2.30. The van der Waals surface area contributed by atoms with Gasteiger partial charge in [-0.05, 0) is 19.3 Å². The van der Waals surface area contributed by atoms with Crippen molar-refractivity contribution in [3.63, 3.8) is 0 Å².